The predicted octanol–water partition coefficient (Wildman–Crippen LogP) is 5.28. The van der Waals surface area contributed by atoms with E-state index in [2.05, 4.69) is 37.3 Å². The standard InChI is InChI=1S/C21H26O2/c1-14-12-13-15(2)20(22)19(14)17-10-7-11-18(17)21(23-3)16-8-5-4-6-9-16/h4-6,8-9,12-13,17-18,21-22H,7,10-11H2,1-3H3/t17-,18+,21?/m1/s1. The molecule has 0 aliphatic heterocycles. The monoisotopic (exact) mass is 310 g/mol. The van der Waals surface area contributed by atoms with Gasteiger partial charge in [-0.15, -0.1) is 0 Å². The van der Waals surface area contributed by atoms with Crippen LogP contribution < -0.4 is 0 Å². The first-order valence-corrected chi connectivity index (χ1v) is 8.50. The number of aromatic hydroxyl groups is 1. The molecule has 1 unspecified atom stereocenters. The highest BCUT2D eigenvalue weighted by Gasteiger charge is 2.37. The fourth-order valence-corrected chi connectivity index (χ4v) is 4.20. The molecule has 23 heavy (non-hydrogen) atoms. The number of phenols is 1. The molecule has 122 valence electrons. The molecule has 1 fully saturated rings. The van der Waals surface area contributed by atoms with E-state index in [4.69, 9.17) is 4.74 Å². The molecule has 0 heterocycles. The second-order valence-corrected chi connectivity index (χ2v) is 6.73. The number of hydrogen-bond acceptors (Lipinski definition) is 2. The molecule has 2 aromatic carbocycles. The van der Waals surface area contributed by atoms with Crippen molar-refractivity contribution in [2.24, 2.45) is 5.92 Å². The Hall–Kier alpha value is -1.80. The van der Waals surface area contributed by atoms with Gasteiger partial charge in [0.1, 0.15) is 5.75 Å². The average Bonchev–Trinajstić information content (AvgIpc) is 3.02. The van der Waals surface area contributed by atoms with Crippen LogP contribution in [0.4, 0.5) is 0 Å². The predicted molar refractivity (Wildman–Crippen MR) is 93.9 cm³/mol. The quantitative estimate of drug-likeness (QED) is 0.832. The Balaban J connectivity index is 1.99. The second kappa shape index (κ2) is 6.76. The topological polar surface area (TPSA) is 29.5 Å². The highest BCUT2D eigenvalue weighted by atomic mass is 16.5. The van der Waals surface area contributed by atoms with Crippen molar-refractivity contribution in [1.82, 2.24) is 0 Å². The highest BCUT2D eigenvalue weighted by Crippen LogP contribution is 2.50. The van der Waals surface area contributed by atoms with E-state index in [-0.39, 0.29) is 6.10 Å². The average molecular weight is 310 g/mol. The van der Waals surface area contributed by atoms with E-state index in [1.165, 1.54) is 17.5 Å². The molecule has 0 amide bonds. The maximum absolute atomic E-state index is 10.6. The van der Waals surface area contributed by atoms with Crippen LogP contribution in [0.2, 0.25) is 0 Å². The zero-order valence-corrected chi connectivity index (χ0v) is 14.3. The molecule has 0 saturated heterocycles. The Morgan fingerprint density at radius 2 is 1.70 bits per heavy atom. The van der Waals surface area contributed by atoms with Gasteiger partial charge in [-0.2, -0.15) is 0 Å². The summed E-state index contributed by atoms with van der Waals surface area (Å²) >= 11 is 0. The van der Waals surface area contributed by atoms with Gasteiger partial charge in [-0.3, -0.25) is 0 Å². The molecule has 0 aromatic heterocycles. The summed E-state index contributed by atoms with van der Waals surface area (Å²) in [5.74, 6) is 1.25. The molecule has 1 N–H and O–H groups in total. The minimum absolute atomic E-state index is 0.0861. The van der Waals surface area contributed by atoms with Crippen LogP contribution in [0.3, 0.4) is 0 Å². The summed E-state index contributed by atoms with van der Waals surface area (Å²) in [4.78, 5) is 0. The van der Waals surface area contributed by atoms with Gasteiger partial charge < -0.3 is 9.84 Å². The molecular formula is C21H26O2. The number of phenolic OH excluding ortho intramolecular Hbond substituents is 1. The van der Waals surface area contributed by atoms with Crippen LogP contribution in [0.5, 0.6) is 5.75 Å². The Morgan fingerprint density at radius 3 is 2.39 bits per heavy atom. The minimum Gasteiger partial charge on any atom is -0.507 e. The SMILES string of the molecule is COC(c1ccccc1)[C@H]1CCC[C@H]1c1c(C)ccc(C)c1O. The van der Waals surface area contributed by atoms with E-state index in [1.807, 2.05) is 19.1 Å². The maximum Gasteiger partial charge on any atom is 0.122 e. The lowest BCUT2D eigenvalue weighted by molar-refractivity contribution is 0.0464. The fourth-order valence-electron chi connectivity index (χ4n) is 4.20. The van der Waals surface area contributed by atoms with Crippen LogP contribution in [-0.2, 0) is 4.74 Å². The highest BCUT2D eigenvalue weighted by molar-refractivity contribution is 5.47. The molecule has 2 aromatic rings. The van der Waals surface area contributed by atoms with Crippen LogP contribution >= 0.6 is 0 Å². The van der Waals surface area contributed by atoms with Gasteiger partial charge in [-0.1, -0.05) is 48.9 Å². The van der Waals surface area contributed by atoms with Crippen molar-refractivity contribution in [2.45, 2.75) is 45.1 Å². The zero-order valence-electron chi connectivity index (χ0n) is 14.3. The Bertz CT molecular complexity index is 663. The molecule has 3 rings (SSSR count). The number of rotatable bonds is 4. The molecule has 2 heteroatoms. The molecule has 0 bridgehead atoms. The Labute approximate surface area is 139 Å². The second-order valence-electron chi connectivity index (χ2n) is 6.73. The third-order valence-corrected chi connectivity index (χ3v) is 5.35. The van der Waals surface area contributed by atoms with Crippen molar-refractivity contribution in [2.75, 3.05) is 7.11 Å². The molecule has 3 atom stereocenters. The van der Waals surface area contributed by atoms with Gasteiger partial charge in [-0.05, 0) is 55.2 Å². The number of benzene rings is 2. The summed E-state index contributed by atoms with van der Waals surface area (Å²) < 4.78 is 5.90. The van der Waals surface area contributed by atoms with Gasteiger partial charge in [-0.25, -0.2) is 0 Å². The lowest BCUT2D eigenvalue weighted by Crippen LogP contribution is -2.19. The van der Waals surface area contributed by atoms with Crippen molar-refractivity contribution in [3.63, 3.8) is 0 Å². The van der Waals surface area contributed by atoms with Crippen LogP contribution in [-0.4, -0.2) is 12.2 Å². The van der Waals surface area contributed by atoms with Crippen LogP contribution in [0.15, 0.2) is 42.5 Å². The molecule has 1 aliphatic rings. The van der Waals surface area contributed by atoms with E-state index >= 15 is 0 Å². The largest absolute Gasteiger partial charge is 0.507 e. The number of aryl methyl sites for hydroxylation is 2. The summed E-state index contributed by atoms with van der Waals surface area (Å²) in [5.41, 5.74) is 4.51. The third-order valence-electron chi connectivity index (χ3n) is 5.35. The molecule has 2 nitrogen and oxygen atoms in total. The summed E-state index contributed by atoms with van der Waals surface area (Å²) in [6.45, 7) is 4.08. The summed E-state index contributed by atoms with van der Waals surface area (Å²) in [6, 6.07) is 14.6. The van der Waals surface area contributed by atoms with Crippen LogP contribution in [0.25, 0.3) is 0 Å². The van der Waals surface area contributed by atoms with Crippen molar-refractivity contribution in [1.29, 1.82) is 0 Å². The van der Waals surface area contributed by atoms with Crippen LogP contribution in [0.1, 0.15) is 53.5 Å². The Morgan fingerprint density at radius 1 is 1.00 bits per heavy atom. The van der Waals surface area contributed by atoms with Gasteiger partial charge in [0.05, 0.1) is 6.10 Å². The number of methoxy groups -OCH3 is 1. The van der Waals surface area contributed by atoms with Gasteiger partial charge >= 0.3 is 0 Å². The maximum atomic E-state index is 10.6. The Kier molecular flexibility index (Phi) is 4.72. The number of hydrogen-bond donors (Lipinski definition) is 1. The molecule has 1 saturated carbocycles. The van der Waals surface area contributed by atoms with Crippen molar-refractivity contribution >= 4 is 0 Å². The van der Waals surface area contributed by atoms with E-state index in [0.717, 1.165) is 24.0 Å². The number of ether oxygens (including phenoxy) is 1. The summed E-state index contributed by atoms with van der Waals surface area (Å²) in [5, 5.41) is 10.6. The molecule has 0 spiro atoms. The smallest absolute Gasteiger partial charge is 0.122 e. The van der Waals surface area contributed by atoms with Crippen molar-refractivity contribution < 1.29 is 9.84 Å². The van der Waals surface area contributed by atoms with Gasteiger partial charge in [0.2, 0.25) is 0 Å². The molecule has 1 aliphatic carbocycles. The molecular weight excluding hydrogens is 284 g/mol. The minimum atomic E-state index is 0.0861. The van der Waals surface area contributed by atoms with Crippen molar-refractivity contribution in [3.8, 4) is 5.75 Å². The fraction of sp³-hybridized carbons (Fsp3) is 0.429. The van der Waals surface area contributed by atoms with Crippen LogP contribution in [0, 0.1) is 19.8 Å². The zero-order chi connectivity index (χ0) is 16.4. The van der Waals surface area contributed by atoms with Gasteiger partial charge in [0, 0.05) is 12.7 Å². The van der Waals surface area contributed by atoms with Gasteiger partial charge in [0.15, 0.2) is 0 Å². The van der Waals surface area contributed by atoms with E-state index < -0.39 is 0 Å². The van der Waals surface area contributed by atoms with Gasteiger partial charge in [0.25, 0.3) is 0 Å². The lowest BCUT2D eigenvalue weighted by atomic mass is 9.80. The lowest BCUT2D eigenvalue weighted by Gasteiger charge is -2.30. The molecule has 0 radical (unpaired) electrons. The van der Waals surface area contributed by atoms with Crippen molar-refractivity contribution in [3.05, 3.63) is 64.7 Å². The van der Waals surface area contributed by atoms with E-state index in [9.17, 15) is 5.11 Å². The summed E-state index contributed by atoms with van der Waals surface area (Å²) in [6.07, 6.45) is 3.54. The van der Waals surface area contributed by atoms with E-state index in [0.29, 0.717) is 17.6 Å². The third kappa shape index (κ3) is 3.00. The normalized spacial score (nSPS) is 22.2. The first kappa shape index (κ1) is 16.1. The summed E-state index contributed by atoms with van der Waals surface area (Å²) in [7, 11) is 1.80. The first-order chi connectivity index (χ1) is 11.1. The first-order valence-electron chi connectivity index (χ1n) is 8.50. The van der Waals surface area contributed by atoms with E-state index in [1.54, 1.807) is 7.11 Å².